The zero-order valence-corrected chi connectivity index (χ0v) is 45.8. The van der Waals surface area contributed by atoms with Crippen molar-refractivity contribution in [3.63, 3.8) is 0 Å². The number of rotatable bonds is 7. The molecule has 0 saturated heterocycles. The first-order chi connectivity index (χ1) is 37.3. The first-order valence-electron chi connectivity index (χ1n) is 27.1. The molecule has 1 unspecified atom stereocenters. The van der Waals surface area contributed by atoms with Crippen molar-refractivity contribution >= 4 is 123 Å². The van der Waals surface area contributed by atoms with Gasteiger partial charge >= 0.3 is 0 Å². The minimum Gasteiger partial charge on any atom is -0.454 e. The molecule has 13 aromatic rings. The first kappa shape index (κ1) is 46.8. The third-order valence-corrected chi connectivity index (χ3v) is 21.2. The number of hydrogen-bond acceptors (Lipinski definition) is 3. The Hall–Kier alpha value is -8.70. The molecular formula is C73H60N2OSi. The summed E-state index contributed by atoms with van der Waals surface area (Å²) < 4.78 is 7.57. The third-order valence-electron chi connectivity index (χ3n) is 16.7. The van der Waals surface area contributed by atoms with Gasteiger partial charge < -0.3 is 14.2 Å². The standard InChI is InChI=1S/C73H60N2OSi/c1-72(2,3)54-29-36-56(37-30-54)74(58-33-25-47-17-11-13-20-50(47)41-58)59-35-27-52-45-65-63(44-53(52)43-59)69-70-67(77(7,61-22-9-8-10-23-61)66-40-28-49-19-15-16-24-62(49)68(66)70)46-64(71(69)76-65)75(57-38-31-55(32-39-57)73(4,5)6)60-34-26-48-18-12-14-21-51(48)42-60/h8-46H,1-7H3. The summed E-state index contributed by atoms with van der Waals surface area (Å²) in [6.07, 6.45) is 0. The molecule has 1 aliphatic heterocycles. The fourth-order valence-corrected chi connectivity index (χ4v) is 16.7. The summed E-state index contributed by atoms with van der Waals surface area (Å²) in [5.41, 5.74) is 13.5. The summed E-state index contributed by atoms with van der Waals surface area (Å²) >= 11 is 0. The summed E-state index contributed by atoms with van der Waals surface area (Å²) in [5, 5.41) is 16.1. The van der Waals surface area contributed by atoms with E-state index in [4.69, 9.17) is 4.42 Å². The zero-order chi connectivity index (χ0) is 52.4. The summed E-state index contributed by atoms with van der Waals surface area (Å²) in [4.78, 5) is 4.88. The molecule has 14 rings (SSSR count). The topological polar surface area (TPSA) is 19.6 Å². The summed E-state index contributed by atoms with van der Waals surface area (Å²) in [7, 11) is -2.72. The van der Waals surface area contributed by atoms with Crippen LogP contribution in [0.2, 0.25) is 6.55 Å². The number of fused-ring (bicyclic) bond motifs is 12. The lowest BCUT2D eigenvalue weighted by Crippen LogP contribution is -2.62. The molecule has 0 aliphatic carbocycles. The Morgan fingerprint density at radius 2 is 0.818 bits per heavy atom. The lowest BCUT2D eigenvalue weighted by Gasteiger charge is -2.30. The molecule has 77 heavy (non-hydrogen) atoms. The van der Waals surface area contributed by atoms with Crippen LogP contribution in [-0.4, -0.2) is 8.07 Å². The maximum absolute atomic E-state index is 7.57. The Bertz CT molecular complexity index is 4480. The van der Waals surface area contributed by atoms with Crippen molar-refractivity contribution in [1.29, 1.82) is 0 Å². The lowest BCUT2D eigenvalue weighted by molar-refractivity contribution is 0.590. The van der Waals surface area contributed by atoms with Crippen molar-refractivity contribution < 1.29 is 4.42 Å². The fraction of sp³-hybridized carbons (Fsp3) is 0.123. The second-order valence-corrected chi connectivity index (χ2v) is 27.4. The Labute approximate surface area is 452 Å². The highest BCUT2D eigenvalue weighted by atomic mass is 28.3. The van der Waals surface area contributed by atoms with Crippen LogP contribution >= 0.6 is 0 Å². The van der Waals surface area contributed by atoms with Crippen LogP contribution < -0.4 is 25.4 Å². The van der Waals surface area contributed by atoms with Gasteiger partial charge in [0.1, 0.15) is 13.7 Å². The van der Waals surface area contributed by atoms with E-state index in [0.29, 0.717) is 0 Å². The second kappa shape index (κ2) is 17.4. The summed E-state index contributed by atoms with van der Waals surface area (Å²) in [5.74, 6) is 0. The third kappa shape index (κ3) is 7.60. The highest BCUT2D eigenvalue weighted by molar-refractivity contribution is 7.14. The predicted molar refractivity (Wildman–Crippen MR) is 333 cm³/mol. The Morgan fingerprint density at radius 1 is 0.351 bits per heavy atom. The van der Waals surface area contributed by atoms with Crippen molar-refractivity contribution in [2.75, 3.05) is 9.80 Å². The van der Waals surface area contributed by atoms with Crippen LogP contribution in [0.3, 0.4) is 0 Å². The van der Waals surface area contributed by atoms with Gasteiger partial charge in [0.05, 0.1) is 5.69 Å². The second-order valence-electron chi connectivity index (χ2n) is 23.5. The molecule has 0 spiro atoms. The maximum Gasteiger partial charge on any atom is 0.160 e. The fourth-order valence-electron chi connectivity index (χ4n) is 12.5. The number of anilines is 6. The van der Waals surface area contributed by atoms with Gasteiger partial charge in [0.15, 0.2) is 5.58 Å². The Morgan fingerprint density at radius 3 is 1.42 bits per heavy atom. The zero-order valence-electron chi connectivity index (χ0n) is 44.8. The average Bonchev–Trinajstić information content (AvgIpc) is 4.06. The van der Waals surface area contributed by atoms with Crippen molar-refractivity contribution in [2.24, 2.45) is 0 Å². The molecular weight excluding hydrogens is 949 g/mol. The van der Waals surface area contributed by atoms with Gasteiger partial charge in [-0.3, -0.25) is 0 Å². The van der Waals surface area contributed by atoms with E-state index in [-0.39, 0.29) is 10.8 Å². The van der Waals surface area contributed by atoms with Gasteiger partial charge in [-0.15, -0.1) is 0 Å². The minimum absolute atomic E-state index is 0.00517. The molecule has 1 atom stereocenters. The molecule has 2 heterocycles. The van der Waals surface area contributed by atoms with Gasteiger partial charge in [0.25, 0.3) is 0 Å². The Balaban J connectivity index is 1.08. The van der Waals surface area contributed by atoms with E-state index in [9.17, 15) is 0 Å². The van der Waals surface area contributed by atoms with Crippen LogP contribution in [0.15, 0.2) is 241 Å². The van der Waals surface area contributed by atoms with E-state index in [1.54, 1.807) is 0 Å². The van der Waals surface area contributed by atoms with Gasteiger partial charge in [0, 0.05) is 39.2 Å². The maximum atomic E-state index is 7.57. The highest BCUT2D eigenvalue weighted by Crippen LogP contribution is 2.50. The van der Waals surface area contributed by atoms with Crippen LogP contribution in [0.1, 0.15) is 52.7 Å². The van der Waals surface area contributed by atoms with Crippen molar-refractivity contribution in [2.45, 2.75) is 58.9 Å². The van der Waals surface area contributed by atoms with E-state index in [0.717, 1.165) is 66.8 Å². The van der Waals surface area contributed by atoms with Crippen LogP contribution in [0.25, 0.3) is 76.2 Å². The van der Waals surface area contributed by atoms with Gasteiger partial charge in [0.2, 0.25) is 0 Å². The molecule has 0 amide bonds. The number of furan rings is 1. The van der Waals surface area contributed by atoms with E-state index >= 15 is 0 Å². The SMILES string of the molecule is CC(C)(C)c1ccc(N(c2ccc3ccccc3c2)c2ccc3cc4oc5c(N(c6ccc(C(C)(C)C)cc6)c6ccc7ccccc7c6)cc6c(c5c4cc3c2)-c2c(ccc3ccccc23)[Si]6(C)c2ccccc2)cc1. The number of hydrogen-bond donors (Lipinski definition) is 0. The number of benzene rings is 12. The Kier molecular flexibility index (Phi) is 10.6. The smallest absolute Gasteiger partial charge is 0.160 e. The van der Waals surface area contributed by atoms with E-state index in [2.05, 4.69) is 294 Å². The largest absolute Gasteiger partial charge is 0.454 e. The molecule has 1 aliphatic rings. The minimum atomic E-state index is -2.72. The van der Waals surface area contributed by atoms with E-state index in [1.807, 2.05) is 0 Å². The van der Waals surface area contributed by atoms with Gasteiger partial charge in [-0.05, 0) is 171 Å². The van der Waals surface area contributed by atoms with Gasteiger partial charge in [-0.25, -0.2) is 0 Å². The molecule has 0 fully saturated rings. The molecule has 0 N–H and O–H groups in total. The monoisotopic (exact) mass is 1010 g/mol. The molecule has 12 aromatic carbocycles. The molecule has 3 nitrogen and oxygen atoms in total. The van der Waals surface area contributed by atoms with Crippen LogP contribution in [0, 0.1) is 0 Å². The first-order valence-corrected chi connectivity index (χ1v) is 29.6. The van der Waals surface area contributed by atoms with E-state index < -0.39 is 8.07 Å². The normalized spacial score (nSPS) is 14.5. The highest BCUT2D eigenvalue weighted by Gasteiger charge is 2.46. The van der Waals surface area contributed by atoms with Gasteiger partial charge in [-0.1, -0.05) is 206 Å². The van der Waals surface area contributed by atoms with Crippen molar-refractivity contribution in [3.8, 4) is 11.1 Å². The summed E-state index contributed by atoms with van der Waals surface area (Å²) in [6.45, 7) is 16.3. The molecule has 372 valence electrons. The van der Waals surface area contributed by atoms with E-state index in [1.165, 1.54) is 70.1 Å². The molecule has 1 aromatic heterocycles. The molecule has 4 heteroatoms. The molecule has 0 bridgehead atoms. The van der Waals surface area contributed by atoms with Crippen molar-refractivity contribution in [3.05, 3.63) is 248 Å². The summed E-state index contributed by atoms with van der Waals surface area (Å²) in [6, 6.07) is 88.7. The van der Waals surface area contributed by atoms with Crippen LogP contribution in [0.4, 0.5) is 34.1 Å². The van der Waals surface area contributed by atoms with Crippen molar-refractivity contribution in [1.82, 2.24) is 0 Å². The quantitative estimate of drug-likeness (QED) is 0.148. The van der Waals surface area contributed by atoms with Crippen LogP contribution in [-0.2, 0) is 10.8 Å². The lowest BCUT2D eigenvalue weighted by atomic mass is 9.87. The predicted octanol–water partition coefficient (Wildman–Crippen LogP) is 18.8. The van der Waals surface area contributed by atoms with Gasteiger partial charge in [-0.2, -0.15) is 0 Å². The molecule has 0 radical (unpaired) electrons. The van der Waals surface area contributed by atoms with Crippen LogP contribution in [0.5, 0.6) is 0 Å². The average molecular weight is 1010 g/mol. The molecule has 0 saturated carbocycles. The number of nitrogens with zero attached hydrogens (tertiary/aromatic N) is 2.